The second-order valence-corrected chi connectivity index (χ2v) is 9.85. The van der Waals surface area contributed by atoms with Gasteiger partial charge in [0.25, 0.3) is 5.56 Å². The zero-order chi connectivity index (χ0) is 28.0. The number of guanidine groups is 1. The Hall–Kier alpha value is -4.66. The van der Waals surface area contributed by atoms with Gasteiger partial charge in [-0.2, -0.15) is 0 Å². The molecule has 9 nitrogen and oxygen atoms in total. The van der Waals surface area contributed by atoms with E-state index in [1.807, 2.05) is 60.7 Å². The summed E-state index contributed by atoms with van der Waals surface area (Å²) in [5.41, 5.74) is 7.90. The van der Waals surface area contributed by atoms with Crippen molar-refractivity contribution < 1.29 is 9.59 Å². The Labute approximate surface area is 227 Å². The highest BCUT2D eigenvalue weighted by molar-refractivity contribution is 5.91. The van der Waals surface area contributed by atoms with Crippen molar-refractivity contribution in [3.05, 3.63) is 112 Å². The summed E-state index contributed by atoms with van der Waals surface area (Å²) in [7, 11) is 0. The summed E-state index contributed by atoms with van der Waals surface area (Å²) < 4.78 is 1.51. The Balaban J connectivity index is 1.71. The number of carbonyl (C=O) groups is 2. The van der Waals surface area contributed by atoms with Gasteiger partial charge in [-0.3, -0.25) is 24.4 Å². The Morgan fingerprint density at radius 1 is 1.10 bits per heavy atom. The number of benzene rings is 2. The molecule has 2 amide bonds. The number of carbonyl (C=O) groups excluding carboxylic acids is 2. The molecular weight excluding hydrogens is 492 g/mol. The highest BCUT2D eigenvalue weighted by Gasteiger charge is 2.44. The van der Waals surface area contributed by atoms with Gasteiger partial charge in [-0.1, -0.05) is 72.8 Å². The standard InChI is InChI=1S/C30H34N6O3/c1-21-15-16-35(29(31)32)30(18-21,19-33-20-37)36-22(2)13-14-26(28(36)39)34-27(38)17-25(23-9-5-3-6-10-23)24-11-7-4-8-12-24/h3-14,20,25H,1,15-19H2,2H3,(H3,31,32)(H,33,37)(H,34,38). The van der Waals surface area contributed by atoms with Crippen molar-refractivity contribution in [2.75, 3.05) is 18.4 Å². The monoisotopic (exact) mass is 526 g/mol. The smallest absolute Gasteiger partial charge is 0.276 e. The molecule has 3 aromatic rings. The van der Waals surface area contributed by atoms with E-state index >= 15 is 0 Å². The number of hydrogen-bond acceptors (Lipinski definition) is 4. The molecule has 5 N–H and O–H groups in total. The molecule has 39 heavy (non-hydrogen) atoms. The molecule has 1 aromatic heterocycles. The fraction of sp³-hybridized carbons (Fsp3) is 0.267. The number of rotatable bonds is 9. The molecule has 4 rings (SSSR count). The Morgan fingerprint density at radius 3 is 2.28 bits per heavy atom. The second kappa shape index (κ2) is 11.8. The van der Waals surface area contributed by atoms with E-state index in [2.05, 4.69) is 17.2 Å². The van der Waals surface area contributed by atoms with Gasteiger partial charge in [-0.25, -0.2) is 0 Å². The first-order valence-electron chi connectivity index (χ1n) is 12.8. The molecule has 1 unspecified atom stereocenters. The summed E-state index contributed by atoms with van der Waals surface area (Å²) in [5.74, 6) is -0.723. The Bertz CT molecular complexity index is 1380. The van der Waals surface area contributed by atoms with E-state index < -0.39 is 11.2 Å². The van der Waals surface area contributed by atoms with E-state index in [1.165, 1.54) is 4.57 Å². The van der Waals surface area contributed by atoms with Gasteiger partial charge in [0.05, 0.1) is 6.54 Å². The van der Waals surface area contributed by atoms with Gasteiger partial charge < -0.3 is 21.3 Å². The lowest BCUT2D eigenvalue weighted by Crippen LogP contribution is -2.65. The van der Waals surface area contributed by atoms with Crippen LogP contribution in [-0.2, 0) is 15.3 Å². The number of aromatic nitrogens is 1. The first-order valence-corrected chi connectivity index (χ1v) is 12.8. The fourth-order valence-corrected chi connectivity index (χ4v) is 5.48. The third-order valence-corrected chi connectivity index (χ3v) is 7.24. The van der Waals surface area contributed by atoms with Crippen LogP contribution in [0.5, 0.6) is 0 Å². The predicted molar refractivity (Wildman–Crippen MR) is 152 cm³/mol. The third kappa shape index (κ3) is 5.77. The molecule has 1 aliphatic rings. The number of aryl methyl sites for hydroxylation is 1. The Morgan fingerprint density at radius 2 is 1.72 bits per heavy atom. The van der Waals surface area contributed by atoms with Crippen LogP contribution in [0.1, 0.15) is 42.0 Å². The highest BCUT2D eigenvalue weighted by Crippen LogP contribution is 2.35. The van der Waals surface area contributed by atoms with Gasteiger partial charge in [0.2, 0.25) is 12.3 Å². The lowest BCUT2D eigenvalue weighted by molar-refractivity contribution is -0.116. The summed E-state index contributed by atoms with van der Waals surface area (Å²) >= 11 is 0. The summed E-state index contributed by atoms with van der Waals surface area (Å²) in [6, 6.07) is 22.9. The largest absolute Gasteiger partial charge is 0.370 e. The first kappa shape index (κ1) is 27.4. The molecule has 2 aromatic carbocycles. The number of nitrogens with one attached hydrogen (secondary N) is 3. The van der Waals surface area contributed by atoms with Crippen LogP contribution < -0.4 is 21.9 Å². The molecule has 1 aliphatic heterocycles. The van der Waals surface area contributed by atoms with Crippen LogP contribution in [0.25, 0.3) is 0 Å². The van der Waals surface area contributed by atoms with Crippen LogP contribution in [0.3, 0.4) is 0 Å². The molecule has 1 saturated heterocycles. The summed E-state index contributed by atoms with van der Waals surface area (Å²) in [6.07, 6.45) is 1.59. The lowest BCUT2D eigenvalue weighted by atomic mass is 9.88. The topological polar surface area (TPSA) is 133 Å². The summed E-state index contributed by atoms with van der Waals surface area (Å²) in [6.45, 7) is 6.28. The molecule has 0 radical (unpaired) electrons. The number of likely N-dealkylation sites (tertiary alicyclic amines) is 1. The lowest BCUT2D eigenvalue weighted by Gasteiger charge is -2.49. The van der Waals surface area contributed by atoms with Crippen molar-refractivity contribution in [3.8, 4) is 0 Å². The number of anilines is 1. The van der Waals surface area contributed by atoms with E-state index in [4.69, 9.17) is 11.1 Å². The highest BCUT2D eigenvalue weighted by atomic mass is 16.2. The average Bonchev–Trinajstić information content (AvgIpc) is 2.93. The van der Waals surface area contributed by atoms with E-state index in [9.17, 15) is 14.4 Å². The third-order valence-electron chi connectivity index (χ3n) is 7.24. The Kier molecular flexibility index (Phi) is 8.29. The van der Waals surface area contributed by atoms with Gasteiger partial charge in [0, 0.05) is 31.0 Å². The first-order chi connectivity index (χ1) is 18.8. The second-order valence-electron chi connectivity index (χ2n) is 9.85. The summed E-state index contributed by atoms with van der Waals surface area (Å²) in [4.78, 5) is 40.3. The maximum Gasteiger partial charge on any atom is 0.276 e. The van der Waals surface area contributed by atoms with E-state index in [-0.39, 0.29) is 36.4 Å². The summed E-state index contributed by atoms with van der Waals surface area (Å²) in [5, 5.41) is 13.7. The van der Waals surface area contributed by atoms with Crippen molar-refractivity contribution in [2.45, 2.75) is 37.8 Å². The van der Waals surface area contributed by atoms with Crippen LogP contribution in [-0.4, -0.2) is 40.8 Å². The van der Waals surface area contributed by atoms with E-state index in [0.717, 1.165) is 16.7 Å². The maximum atomic E-state index is 14.0. The molecule has 0 aliphatic carbocycles. The molecule has 0 saturated carbocycles. The minimum absolute atomic E-state index is 0.0251. The molecule has 1 atom stereocenters. The maximum absolute atomic E-state index is 14.0. The van der Waals surface area contributed by atoms with E-state index in [1.54, 1.807) is 24.0 Å². The molecule has 9 heteroatoms. The minimum atomic E-state index is -1.18. The van der Waals surface area contributed by atoms with Gasteiger partial charge in [-0.05, 0) is 36.6 Å². The quantitative estimate of drug-likeness (QED) is 0.147. The van der Waals surface area contributed by atoms with Crippen LogP contribution >= 0.6 is 0 Å². The van der Waals surface area contributed by atoms with Gasteiger partial charge >= 0.3 is 0 Å². The molecule has 0 spiro atoms. The van der Waals surface area contributed by atoms with Crippen molar-refractivity contribution in [2.24, 2.45) is 5.73 Å². The number of hydrogen-bond donors (Lipinski definition) is 4. The van der Waals surface area contributed by atoms with Crippen molar-refractivity contribution >= 4 is 24.0 Å². The zero-order valence-corrected chi connectivity index (χ0v) is 22.0. The van der Waals surface area contributed by atoms with Crippen LogP contribution in [0.2, 0.25) is 0 Å². The van der Waals surface area contributed by atoms with Crippen LogP contribution in [0.4, 0.5) is 5.69 Å². The fourth-order valence-electron chi connectivity index (χ4n) is 5.48. The van der Waals surface area contributed by atoms with Crippen LogP contribution in [0, 0.1) is 12.3 Å². The molecule has 2 heterocycles. The normalized spacial score (nSPS) is 17.1. The molecular formula is C30H34N6O3. The van der Waals surface area contributed by atoms with Crippen molar-refractivity contribution in [1.29, 1.82) is 5.41 Å². The van der Waals surface area contributed by atoms with Gasteiger partial charge in [-0.15, -0.1) is 0 Å². The minimum Gasteiger partial charge on any atom is -0.370 e. The van der Waals surface area contributed by atoms with Crippen molar-refractivity contribution in [1.82, 2.24) is 14.8 Å². The zero-order valence-electron chi connectivity index (χ0n) is 22.0. The molecule has 202 valence electrons. The number of nitrogens with zero attached hydrogens (tertiary/aromatic N) is 2. The van der Waals surface area contributed by atoms with Gasteiger partial charge in [0.15, 0.2) is 5.96 Å². The average molecular weight is 527 g/mol. The predicted octanol–water partition coefficient (Wildman–Crippen LogP) is 3.26. The molecule has 0 bridgehead atoms. The number of amides is 2. The van der Waals surface area contributed by atoms with Gasteiger partial charge in [0.1, 0.15) is 11.4 Å². The number of pyridine rings is 1. The van der Waals surface area contributed by atoms with Crippen LogP contribution in [0.15, 0.2) is 89.7 Å². The molecule has 1 fully saturated rings. The SMILES string of the molecule is C=C1CCN(C(=N)N)C(CNC=O)(n2c(C)ccc(NC(=O)CC(c3ccccc3)c3ccccc3)c2=O)C1. The van der Waals surface area contributed by atoms with E-state index in [0.29, 0.717) is 31.5 Å². The van der Waals surface area contributed by atoms with Crippen molar-refractivity contribution in [3.63, 3.8) is 0 Å². The number of piperidine rings is 1. The number of nitrogens with two attached hydrogens (primary N) is 1.